The van der Waals surface area contributed by atoms with Crippen molar-refractivity contribution in [2.45, 2.75) is 24.0 Å². The van der Waals surface area contributed by atoms with Gasteiger partial charge in [0.2, 0.25) is 17.7 Å². The van der Waals surface area contributed by atoms with Gasteiger partial charge >= 0.3 is 18.0 Å². The van der Waals surface area contributed by atoms with E-state index in [0.717, 1.165) is 9.91 Å². The summed E-state index contributed by atoms with van der Waals surface area (Å²) in [6, 6.07) is 6.96. The Morgan fingerprint density at radius 2 is 1.79 bits per heavy atom. The van der Waals surface area contributed by atoms with Crippen molar-refractivity contribution in [3.8, 4) is 0 Å². The molecule has 8 amide bonds. The maximum absolute atomic E-state index is 13.4. The Morgan fingerprint density at radius 3 is 2.40 bits per heavy atom. The van der Waals surface area contributed by atoms with Crippen LogP contribution in [0.15, 0.2) is 66.1 Å². The number of pyridine rings is 1. The normalized spacial score (nSPS) is 20.0. The summed E-state index contributed by atoms with van der Waals surface area (Å²) in [5, 5.41) is 17.1. The molecule has 17 heteroatoms. The van der Waals surface area contributed by atoms with Gasteiger partial charge in [-0.05, 0) is 5.56 Å². The highest BCUT2D eigenvalue weighted by atomic mass is 32.2. The molecule has 0 aliphatic carbocycles. The minimum absolute atomic E-state index is 0.136. The van der Waals surface area contributed by atoms with Crippen LogP contribution in [-0.4, -0.2) is 80.4 Å². The fourth-order valence-electron chi connectivity index (χ4n) is 4.75. The van der Waals surface area contributed by atoms with Crippen molar-refractivity contribution in [3.63, 3.8) is 0 Å². The maximum atomic E-state index is 13.4. The minimum Gasteiger partial charge on any atom is -0.477 e. The van der Waals surface area contributed by atoms with E-state index in [4.69, 9.17) is 5.73 Å². The second-order valence-corrected chi connectivity index (χ2v) is 10.8. The number of hydrogen-bond donors (Lipinski definition) is 6. The number of imide groups is 1. The summed E-state index contributed by atoms with van der Waals surface area (Å²) in [6.07, 6.45) is 3.15. The monoisotopic (exact) mass is 609 g/mol. The maximum Gasteiger partial charge on any atom is 0.352 e. The van der Waals surface area contributed by atoms with Crippen molar-refractivity contribution in [2.24, 2.45) is 5.73 Å². The van der Waals surface area contributed by atoms with Crippen LogP contribution in [0.2, 0.25) is 0 Å². The van der Waals surface area contributed by atoms with Gasteiger partial charge < -0.3 is 21.5 Å². The number of carbonyl (C=O) groups is 7. The van der Waals surface area contributed by atoms with Crippen molar-refractivity contribution in [2.75, 3.05) is 12.3 Å². The van der Waals surface area contributed by atoms with Gasteiger partial charge in [0, 0.05) is 23.5 Å². The lowest BCUT2D eigenvalue weighted by Crippen LogP contribution is -2.71. The van der Waals surface area contributed by atoms with Crippen LogP contribution in [-0.2, 0) is 25.7 Å². The number of urea groups is 2. The summed E-state index contributed by atoms with van der Waals surface area (Å²) < 4.78 is 1.65. The van der Waals surface area contributed by atoms with Crippen molar-refractivity contribution in [1.29, 1.82) is 0 Å². The molecular formula is C26H25N8O8S+. The zero-order valence-electron chi connectivity index (χ0n) is 22.2. The van der Waals surface area contributed by atoms with E-state index in [0.29, 0.717) is 11.1 Å². The van der Waals surface area contributed by atoms with Gasteiger partial charge in [-0.1, -0.05) is 30.3 Å². The largest absolute Gasteiger partial charge is 0.477 e. The molecule has 7 N–H and O–H groups in total. The molecule has 5 rings (SSSR count). The van der Waals surface area contributed by atoms with Gasteiger partial charge in [-0.3, -0.25) is 29.4 Å². The number of carboxylic acid groups (broad SMARTS) is 1. The molecule has 2 fully saturated rings. The zero-order valence-corrected chi connectivity index (χ0v) is 23.0. The topological polar surface area (TPSA) is 224 Å². The number of aromatic nitrogens is 1. The fourth-order valence-corrected chi connectivity index (χ4v) is 6.09. The Hall–Kier alpha value is -5.45. The molecule has 0 bridgehead atoms. The van der Waals surface area contributed by atoms with Crippen molar-refractivity contribution < 1.29 is 43.2 Å². The first-order valence-corrected chi connectivity index (χ1v) is 13.8. The molecule has 3 aliphatic heterocycles. The van der Waals surface area contributed by atoms with Crippen molar-refractivity contribution in [1.82, 2.24) is 31.3 Å². The predicted octanol–water partition coefficient (Wildman–Crippen LogP) is -1.68. The molecule has 222 valence electrons. The number of hydrazine groups is 1. The van der Waals surface area contributed by atoms with E-state index >= 15 is 0 Å². The number of carboxylic acids is 1. The summed E-state index contributed by atoms with van der Waals surface area (Å²) in [7, 11) is 0. The Kier molecular flexibility index (Phi) is 7.98. The van der Waals surface area contributed by atoms with E-state index < -0.39 is 65.7 Å². The van der Waals surface area contributed by atoms with Gasteiger partial charge in [0.1, 0.15) is 29.7 Å². The van der Waals surface area contributed by atoms with Gasteiger partial charge in [0.25, 0.3) is 5.91 Å². The van der Waals surface area contributed by atoms with Crippen LogP contribution in [0.1, 0.15) is 22.0 Å². The third-order valence-corrected chi connectivity index (χ3v) is 8.14. The SMILES string of the molecule is NC(=O)c1cc[n+](CC2=C(C(=O)O)N3C(=O)[C@H](NC(=O)C(NC(=O)NN4CC(=O)NC4=O)c4ccccc4)C3SC2)cc1. The van der Waals surface area contributed by atoms with Gasteiger partial charge in [-0.25, -0.2) is 29.4 Å². The number of thioether (sulfide) groups is 1. The number of nitrogens with zero attached hydrogens (tertiary/aromatic N) is 3. The van der Waals surface area contributed by atoms with E-state index in [1.165, 1.54) is 23.9 Å². The quantitative estimate of drug-likeness (QED) is 0.108. The molecule has 3 atom stereocenters. The molecule has 1 aromatic heterocycles. The molecular weight excluding hydrogens is 584 g/mol. The number of rotatable bonds is 9. The molecule has 0 spiro atoms. The van der Waals surface area contributed by atoms with Crippen LogP contribution >= 0.6 is 11.8 Å². The van der Waals surface area contributed by atoms with Crippen LogP contribution in [0.3, 0.4) is 0 Å². The summed E-state index contributed by atoms with van der Waals surface area (Å²) in [4.78, 5) is 87.1. The number of aliphatic carboxylic acids is 1. The first-order valence-electron chi connectivity index (χ1n) is 12.8. The van der Waals surface area contributed by atoms with Crippen molar-refractivity contribution >= 4 is 53.4 Å². The fraction of sp³-hybridized carbons (Fsp3) is 0.231. The molecule has 2 saturated heterocycles. The van der Waals surface area contributed by atoms with E-state index in [9.17, 15) is 38.7 Å². The summed E-state index contributed by atoms with van der Waals surface area (Å²) in [6.45, 7) is -0.269. The van der Waals surface area contributed by atoms with E-state index in [2.05, 4.69) is 16.1 Å². The average Bonchev–Trinajstić information content (AvgIpc) is 3.30. The molecule has 3 aliphatic rings. The Bertz CT molecular complexity index is 1560. The number of primary amides is 1. The predicted molar refractivity (Wildman–Crippen MR) is 146 cm³/mol. The zero-order chi connectivity index (χ0) is 30.8. The second kappa shape index (κ2) is 11.8. The van der Waals surface area contributed by atoms with Gasteiger partial charge in [0.05, 0.1) is 5.56 Å². The first-order chi connectivity index (χ1) is 20.5. The molecule has 4 heterocycles. The van der Waals surface area contributed by atoms with Crippen LogP contribution < -0.4 is 31.7 Å². The number of carbonyl (C=O) groups excluding carboxylic acids is 6. The number of hydrogen-bond acceptors (Lipinski definition) is 8. The Labute approximate surface area is 247 Å². The second-order valence-electron chi connectivity index (χ2n) is 9.65. The van der Waals surface area contributed by atoms with Crippen LogP contribution in [0.4, 0.5) is 9.59 Å². The Balaban J connectivity index is 1.30. The summed E-state index contributed by atoms with van der Waals surface area (Å²) >= 11 is 1.27. The van der Waals surface area contributed by atoms with Gasteiger partial charge in [0.15, 0.2) is 18.9 Å². The smallest absolute Gasteiger partial charge is 0.352 e. The van der Waals surface area contributed by atoms with Crippen LogP contribution in [0.25, 0.3) is 0 Å². The van der Waals surface area contributed by atoms with Gasteiger partial charge in [-0.15, -0.1) is 11.8 Å². The lowest BCUT2D eigenvalue weighted by atomic mass is 10.0. The molecule has 2 unspecified atom stereocenters. The molecule has 0 saturated carbocycles. The van der Waals surface area contributed by atoms with E-state index in [-0.39, 0.29) is 23.6 Å². The van der Waals surface area contributed by atoms with Crippen molar-refractivity contribution in [3.05, 3.63) is 77.3 Å². The highest BCUT2D eigenvalue weighted by Crippen LogP contribution is 2.40. The number of fused-ring (bicyclic) bond motifs is 1. The number of nitrogens with one attached hydrogen (secondary N) is 4. The van der Waals surface area contributed by atoms with E-state index in [1.807, 2.05) is 5.32 Å². The average molecular weight is 610 g/mol. The summed E-state index contributed by atoms with van der Waals surface area (Å²) in [5.41, 5.74) is 8.38. The number of amides is 8. The number of benzene rings is 1. The third kappa shape index (κ3) is 5.96. The molecule has 2 aromatic rings. The minimum atomic E-state index is -1.31. The molecule has 43 heavy (non-hydrogen) atoms. The first kappa shape index (κ1) is 29.1. The molecule has 1 aromatic carbocycles. The van der Waals surface area contributed by atoms with Crippen LogP contribution in [0.5, 0.6) is 0 Å². The molecule has 16 nitrogen and oxygen atoms in total. The Morgan fingerprint density at radius 1 is 1.09 bits per heavy atom. The highest BCUT2D eigenvalue weighted by molar-refractivity contribution is 8.00. The third-order valence-electron chi connectivity index (χ3n) is 6.80. The van der Waals surface area contributed by atoms with Crippen LogP contribution in [0, 0.1) is 0 Å². The lowest BCUT2D eigenvalue weighted by Gasteiger charge is -2.49. The standard InChI is InChI=1S/C26H24N8O8S/c27-20(36)14-6-8-32(9-7-14)10-15-12-43-23-18(22(38)34(23)19(15)24(39)40)29-21(37)17(13-4-2-1-3-5-13)30-25(41)31-33-11-16(35)28-26(33)42/h1-9,17-18,23H,10-12H2,(H6-,27,28,29,30,31,35,36,37,39,40,41,42)/p+1/t17?,18-,23?/m0/s1. The molecule has 0 radical (unpaired) electrons. The summed E-state index contributed by atoms with van der Waals surface area (Å²) in [5.74, 6) is -3.67. The number of nitrogens with two attached hydrogens (primary N) is 1. The lowest BCUT2D eigenvalue weighted by molar-refractivity contribution is -0.689. The van der Waals surface area contributed by atoms with Gasteiger partial charge in [-0.2, -0.15) is 0 Å². The number of β-lactam (4-membered cyclic amide) rings is 1. The highest BCUT2D eigenvalue weighted by Gasteiger charge is 2.55. The van der Waals surface area contributed by atoms with E-state index in [1.54, 1.807) is 47.3 Å².